The monoisotopic (exact) mass is 332 g/mol. The van der Waals surface area contributed by atoms with Gasteiger partial charge < -0.3 is 0 Å². The molecule has 0 atom stereocenters. The molecule has 0 spiro atoms. The summed E-state index contributed by atoms with van der Waals surface area (Å²) in [4.78, 5) is 9.89. The van der Waals surface area contributed by atoms with Gasteiger partial charge in [-0.3, -0.25) is 0 Å². The van der Waals surface area contributed by atoms with Crippen LogP contribution in [-0.2, 0) is 0 Å². The van der Waals surface area contributed by atoms with Gasteiger partial charge >= 0.3 is 62.6 Å². The van der Waals surface area contributed by atoms with Gasteiger partial charge in [0.15, 0.2) is 0 Å². The first-order chi connectivity index (χ1) is 3.13. The van der Waals surface area contributed by atoms with Crippen LogP contribution in [0.4, 0.5) is 0 Å². The molecule has 0 aromatic rings. The molecular formula is C4H12SSn2+. The summed E-state index contributed by atoms with van der Waals surface area (Å²) >= 11 is -1.37. The van der Waals surface area contributed by atoms with Crippen LogP contribution < -0.4 is 0 Å². The Labute approximate surface area is 61.8 Å². The van der Waals surface area contributed by atoms with E-state index in [-0.39, 0.29) is 0 Å². The summed E-state index contributed by atoms with van der Waals surface area (Å²) in [6, 6.07) is 0. The molecule has 0 aliphatic heterocycles. The van der Waals surface area contributed by atoms with Crippen molar-refractivity contribution in [2.75, 3.05) is 0 Å². The molecule has 0 bridgehead atoms. The third-order valence-corrected chi connectivity index (χ3v) is 55.1. The molecule has 0 rings (SSSR count). The number of hydrogen-bond donors (Lipinski definition) is 0. The van der Waals surface area contributed by atoms with Gasteiger partial charge in [-0.05, 0) is 0 Å². The predicted molar refractivity (Wildman–Crippen MR) is 42.6 cm³/mol. The van der Waals surface area contributed by atoms with Gasteiger partial charge in [-0.25, -0.2) is 0 Å². The summed E-state index contributed by atoms with van der Waals surface area (Å²) in [5.74, 6) is 0. The average Bonchev–Trinajstić information content (AvgIpc) is 1.27. The Bertz CT molecular complexity index is 39.0. The first-order valence-electron chi connectivity index (χ1n) is 2.41. The van der Waals surface area contributed by atoms with Crippen LogP contribution in [0.5, 0.6) is 0 Å². The third kappa shape index (κ3) is 7.95. The summed E-state index contributed by atoms with van der Waals surface area (Å²) in [6.07, 6.45) is 2.40. The molecule has 0 nitrogen and oxygen atoms in total. The topological polar surface area (TPSA) is 0 Å². The first kappa shape index (κ1) is 8.95. The molecule has 7 heavy (non-hydrogen) atoms. The van der Waals surface area contributed by atoms with E-state index in [1.165, 1.54) is 0 Å². The SMILES string of the molecule is [CH3][Sn]([CH3])[S][Sn+]([CH3])[CH3]. The summed E-state index contributed by atoms with van der Waals surface area (Å²) < 4.78 is 0. The molecule has 0 fully saturated rings. The fourth-order valence-electron chi connectivity index (χ4n) is 0.408. The van der Waals surface area contributed by atoms with E-state index in [2.05, 4.69) is 25.9 Å². The van der Waals surface area contributed by atoms with E-state index in [1.54, 1.807) is 0 Å². The summed E-state index contributed by atoms with van der Waals surface area (Å²) in [6.45, 7) is 0. The van der Waals surface area contributed by atoms with Crippen molar-refractivity contribution in [1.82, 2.24) is 0 Å². The molecule has 0 N–H and O–H groups in total. The molecule has 0 saturated carbocycles. The van der Waals surface area contributed by atoms with Crippen LogP contribution in [0.25, 0.3) is 0 Å². The Hall–Kier alpha value is 1.95. The Morgan fingerprint density at radius 1 is 1.29 bits per heavy atom. The van der Waals surface area contributed by atoms with Gasteiger partial charge in [-0.2, -0.15) is 0 Å². The normalized spacial score (nSPS) is 9.86. The van der Waals surface area contributed by atoms with Gasteiger partial charge in [0.05, 0.1) is 0 Å². The molecule has 0 heterocycles. The second-order valence-electron chi connectivity index (χ2n) is 1.92. The van der Waals surface area contributed by atoms with Crippen LogP contribution in [0.15, 0.2) is 0 Å². The molecule has 0 aliphatic rings. The second-order valence-corrected chi connectivity index (χ2v) is 36.9. The zero-order chi connectivity index (χ0) is 5.86. The van der Waals surface area contributed by atoms with Crippen molar-refractivity contribution in [2.24, 2.45) is 0 Å². The van der Waals surface area contributed by atoms with Crippen molar-refractivity contribution >= 4 is 42.9 Å². The van der Waals surface area contributed by atoms with E-state index >= 15 is 0 Å². The summed E-state index contributed by atoms with van der Waals surface area (Å²) in [7, 11) is 0. The minimum atomic E-state index is -0.683. The van der Waals surface area contributed by atoms with Crippen LogP contribution >= 0.6 is 6.13 Å². The van der Waals surface area contributed by atoms with Gasteiger partial charge in [-0.1, -0.05) is 0 Å². The first-order valence-corrected chi connectivity index (χ1v) is 21.6. The van der Waals surface area contributed by atoms with Gasteiger partial charge in [0.2, 0.25) is 0 Å². The molecular weight excluding hydrogens is 318 g/mol. The zero-order valence-corrected chi connectivity index (χ0v) is 11.9. The molecule has 41 valence electrons. The predicted octanol–water partition coefficient (Wildman–Crippen LogP) is 2.22. The van der Waals surface area contributed by atoms with E-state index in [4.69, 9.17) is 0 Å². The molecule has 1 radical (unpaired) electrons. The van der Waals surface area contributed by atoms with E-state index in [1.807, 2.05) is 0 Å². The summed E-state index contributed by atoms with van der Waals surface area (Å²) in [5.41, 5.74) is 0. The Kier molecular flexibility index (Phi) is 6.12. The van der Waals surface area contributed by atoms with E-state index in [0.717, 1.165) is 0 Å². The van der Waals surface area contributed by atoms with Crippen LogP contribution in [-0.4, -0.2) is 36.8 Å². The van der Waals surface area contributed by atoms with E-state index in [0.29, 0.717) is 0 Å². The van der Waals surface area contributed by atoms with Crippen molar-refractivity contribution in [3.8, 4) is 0 Å². The molecule has 0 saturated heterocycles. The van der Waals surface area contributed by atoms with Gasteiger partial charge in [0.25, 0.3) is 0 Å². The van der Waals surface area contributed by atoms with Crippen molar-refractivity contribution in [2.45, 2.75) is 19.8 Å². The van der Waals surface area contributed by atoms with Gasteiger partial charge in [-0.15, -0.1) is 0 Å². The van der Waals surface area contributed by atoms with Gasteiger partial charge in [0, 0.05) is 0 Å². The fraction of sp³-hybridized carbons (Fsp3) is 1.00. The average molecular weight is 330 g/mol. The quantitative estimate of drug-likeness (QED) is 0.700. The van der Waals surface area contributed by atoms with Gasteiger partial charge in [0.1, 0.15) is 0 Å². The Morgan fingerprint density at radius 3 is 1.71 bits per heavy atom. The standard InChI is InChI=1S/4CH3.S.2Sn/h4*1H3;;;/q;;;;;;+1. The maximum absolute atomic E-state index is 2.47. The molecule has 0 aromatic carbocycles. The zero-order valence-electron chi connectivity index (χ0n) is 5.41. The third-order valence-electron chi connectivity index (χ3n) is 0.408. The van der Waals surface area contributed by atoms with Crippen molar-refractivity contribution < 1.29 is 0 Å². The Morgan fingerprint density at radius 2 is 1.71 bits per heavy atom. The number of hydrogen-bond acceptors (Lipinski definition) is 1. The number of rotatable bonds is 2. The summed E-state index contributed by atoms with van der Waals surface area (Å²) in [5, 5.41) is 0. The molecule has 0 unspecified atom stereocenters. The molecule has 0 amide bonds. The molecule has 0 aromatic heterocycles. The van der Waals surface area contributed by atoms with E-state index < -0.39 is 36.8 Å². The minimum absolute atomic E-state index is 0.683. The molecule has 3 heteroatoms. The van der Waals surface area contributed by atoms with Crippen LogP contribution in [0.3, 0.4) is 0 Å². The van der Waals surface area contributed by atoms with Crippen molar-refractivity contribution in [1.29, 1.82) is 0 Å². The van der Waals surface area contributed by atoms with E-state index in [9.17, 15) is 0 Å². The second kappa shape index (κ2) is 4.79. The van der Waals surface area contributed by atoms with Crippen LogP contribution in [0.2, 0.25) is 19.8 Å². The van der Waals surface area contributed by atoms with Crippen molar-refractivity contribution in [3.05, 3.63) is 0 Å². The maximum atomic E-state index is 2.47. The van der Waals surface area contributed by atoms with Crippen LogP contribution in [0.1, 0.15) is 0 Å². The fourth-order valence-corrected chi connectivity index (χ4v) is 55.1. The van der Waals surface area contributed by atoms with Crippen molar-refractivity contribution in [3.63, 3.8) is 0 Å². The Balaban J connectivity index is 2.95. The van der Waals surface area contributed by atoms with Crippen LogP contribution in [0, 0.1) is 0 Å². The molecule has 0 aliphatic carbocycles.